The van der Waals surface area contributed by atoms with Crippen LogP contribution in [0.4, 0.5) is 5.82 Å². The number of rotatable bonds is 8. The molecule has 2 aromatic heterocycles. The lowest BCUT2D eigenvalue weighted by molar-refractivity contribution is -0.129. The minimum absolute atomic E-state index is 0.0171. The lowest BCUT2D eigenvalue weighted by atomic mass is 10.2. The molecular formula is C16H22N4O4S. The molecule has 0 aliphatic heterocycles. The quantitative estimate of drug-likeness (QED) is 0.697. The summed E-state index contributed by atoms with van der Waals surface area (Å²) in [6.07, 6.45) is 5.27. The van der Waals surface area contributed by atoms with Crippen molar-refractivity contribution in [1.29, 1.82) is 0 Å². The number of aromatic nitrogens is 2. The Morgan fingerprint density at radius 2 is 1.92 bits per heavy atom. The molecule has 0 aliphatic carbocycles. The van der Waals surface area contributed by atoms with E-state index in [0.29, 0.717) is 18.7 Å². The number of hydrogen-bond acceptors (Lipinski definition) is 6. The van der Waals surface area contributed by atoms with Crippen molar-refractivity contribution in [2.45, 2.75) is 19.8 Å². The predicted molar refractivity (Wildman–Crippen MR) is 93.6 cm³/mol. The first-order valence-corrected chi connectivity index (χ1v) is 9.66. The number of carbonyl (C=O) groups is 1. The molecular weight excluding hydrogens is 344 g/mol. The van der Waals surface area contributed by atoms with E-state index in [4.69, 9.17) is 4.52 Å². The van der Waals surface area contributed by atoms with Crippen LogP contribution in [0, 0.1) is 6.92 Å². The Labute approximate surface area is 147 Å². The Balaban J connectivity index is 1.92. The lowest BCUT2D eigenvalue weighted by Gasteiger charge is -2.21. The summed E-state index contributed by atoms with van der Waals surface area (Å²) in [5, 5.41) is 3.72. The number of anilines is 1. The summed E-state index contributed by atoms with van der Waals surface area (Å²) >= 11 is 0. The average Bonchev–Trinajstić information content (AvgIpc) is 2.98. The van der Waals surface area contributed by atoms with Gasteiger partial charge in [0.05, 0.1) is 6.26 Å². The second-order valence-corrected chi connectivity index (χ2v) is 7.71. The third-order valence-electron chi connectivity index (χ3n) is 3.71. The number of likely N-dealkylation sites (N-methyl/N-ethyl adjacent to an activating group) is 1. The Bertz CT molecular complexity index is 805. The van der Waals surface area contributed by atoms with Gasteiger partial charge in [-0.25, -0.2) is 8.42 Å². The largest absolute Gasteiger partial charge is 0.360 e. The Morgan fingerprint density at radius 1 is 1.24 bits per heavy atom. The van der Waals surface area contributed by atoms with Crippen LogP contribution in [0.5, 0.6) is 0 Å². The van der Waals surface area contributed by atoms with Crippen molar-refractivity contribution in [2.24, 2.45) is 0 Å². The molecule has 0 bridgehead atoms. The number of hydrogen-bond donors (Lipinski definition) is 0. The average molecular weight is 366 g/mol. The van der Waals surface area contributed by atoms with Crippen molar-refractivity contribution in [1.82, 2.24) is 15.0 Å². The van der Waals surface area contributed by atoms with Crippen molar-refractivity contribution < 1.29 is 17.7 Å². The molecule has 0 fully saturated rings. The van der Waals surface area contributed by atoms with Crippen LogP contribution >= 0.6 is 0 Å². The van der Waals surface area contributed by atoms with Gasteiger partial charge in [0.2, 0.25) is 15.9 Å². The Morgan fingerprint density at radius 3 is 2.48 bits per heavy atom. The second-order valence-electron chi connectivity index (χ2n) is 5.80. The predicted octanol–water partition coefficient (Wildman–Crippen LogP) is 1.24. The monoisotopic (exact) mass is 366 g/mol. The fraction of sp³-hybridized carbons (Fsp3) is 0.438. The highest BCUT2D eigenvalue weighted by molar-refractivity contribution is 7.92. The molecule has 0 N–H and O–H groups in total. The zero-order valence-electron chi connectivity index (χ0n) is 14.5. The standard InChI is InChI=1S/C16H22N4O4S/c1-13-12-15(18-24-13)20(25(3,22)23)11-7-16(21)19(2)10-6-14-4-8-17-9-5-14/h4-5,8-9,12H,6-7,10-11H2,1-3H3. The van der Waals surface area contributed by atoms with Gasteiger partial charge in [0.25, 0.3) is 0 Å². The van der Waals surface area contributed by atoms with Crippen LogP contribution < -0.4 is 4.31 Å². The topological polar surface area (TPSA) is 96.6 Å². The summed E-state index contributed by atoms with van der Waals surface area (Å²) in [6, 6.07) is 5.33. The van der Waals surface area contributed by atoms with Crippen molar-refractivity contribution in [3.63, 3.8) is 0 Å². The molecule has 2 heterocycles. The van der Waals surface area contributed by atoms with E-state index in [9.17, 15) is 13.2 Å². The molecule has 25 heavy (non-hydrogen) atoms. The lowest BCUT2D eigenvalue weighted by Crippen LogP contribution is -2.36. The van der Waals surface area contributed by atoms with Crippen LogP contribution in [0.3, 0.4) is 0 Å². The van der Waals surface area contributed by atoms with E-state index >= 15 is 0 Å². The number of sulfonamides is 1. The molecule has 0 aliphatic rings. The minimum Gasteiger partial charge on any atom is -0.360 e. The smallest absolute Gasteiger partial charge is 0.233 e. The van der Waals surface area contributed by atoms with Gasteiger partial charge >= 0.3 is 0 Å². The molecule has 0 unspecified atom stereocenters. The molecule has 1 amide bonds. The summed E-state index contributed by atoms with van der Waals surface area (Å²) in [7, 11) is -1.85. The summed E-state index contributed by atoms with van der Waals surface area (Å²) in [5.41, 5.74) is 1.09. The van der Waals surface area contributed by atoms with Gasteiger partial charge in [-0.3, -0.25) is 14.1 Å². The van der Waals surface area contributed by atoms with E-state index in [1.165, 1.54) is 6.07 Å². The summed E-state index contributed by atoms with van der Waals surface area (Å²) < 4.78 is 29.9. The zero-order valence-corrected chi connectivity index (χ0v) is 15.4. The fourth-order valence-corrected chi connectivity index (χ4v) is 3.13. The first-order chi connectivity index (χ1) is 11.8. The molecule has 0 spiro atoms. The maximum absolute atomic E-state index is 12.3. The van der Waals surface area contributed by atoms with Gasteiger partial charge in [-0.2, -0.15) is 0 Å². The molecule has 0 saturated heterocycles. The first-order valence-electron chi connectivity index (χ1n) is 7.81. The van der Waals surface area contributed by atoms with Gasteiger partial charge in [-0.1, -0.05) is 5.16 Å². The van der Waals surface area contributed by atoms with Gasteiger partial charge < -0.3 is 9.42 Å². The van der Waals surface area contributed by atoms with Crippen molar-refractivity contribution in [3.8, 4) is 0 Å². The maximum Gasteiger partial charge on any atom is 0.233 e. The number of nitrogens with zero attached hydrogens (tertiary/aromatic N) is 4. The molecule has 2 aromatic rings. The van der Waals surface area contributed by atoms with Crippen LogP contribution in [0.2, 0.25) is 0 Å². The SMILES string of the molecule is Cc1cc(N(CCC(=O)N(C)CCc2ccncc2)S(C)(=O)=O)no1. The Hall–Kier alpha value is -2.42. The molecule has 0 saturated carbocycles. The maximum atomic E-state index is 12.3. The van der Waals surface area contributed by atoms with Crippen molar-refractivity contribution in [3.05, 3.63) is 41.9 Å². The van der Waals surface area contributed by atoms with E-state index in [1.54, 1.807) is 31.3 Å². The molecule has 0 aromatic carbocycles. The van der Waals surface area contributed by atoms with E-state index in [-0.39, 0.29) is 24.7 Å². The van der Waals surface area contributed by atoms with Crippen LogP contribution in [0.15, 0.2) is 35.1 Å². The van der Waals surface area contributed by atoms with E-state index in [1.807, 2.05) is 12.1 Å². The highest BCUT2D eigenvalue weighted by atomic mass is 32.2. The van der Waals surface area contributed by atoms with Crippen LogP contribution in [-0.2, 0) is 21.2 Å². The van der Waals surface area contributed by atoms with Gasteiger partial charge in [-0.15, -0.1) is 0 Å². The van der Waals surface area contributed by atoms with Crippen LogP contribution in [0.1, 0.15) is 17.7 Å². The van der Waals surface area contributed by atoms with Gasteiger partial charge in [-0.05, 0) is 31.0 Å². The van der Waals surface area contributed by atoms with Crippen molar-refractivity contribution >= 4 is 21.7 Å². The Kier molecular flexibility index (Phi) is 6.13. The van der Waals surface area contributed by atoms with Gasteiger partial charge in [0, 0.05) is 45.0 Å². The molecule has 8 nitrogen and oxygen atoms in total. The summed E-state index contributed by atoms with van der Waals surface area (Å²) in [4.78, 5) is 17.8. The van der Waals surface area contributed by atoms with E-state index < -0.39 is 10.0 Å². The van der Waals surface area contributed by atoms with E-state index in [2.05, 4.69) is 10.1 Å². The normalized spacial score (nSPS) is 11.3. The van der Waals surface area contributed by atoms with E-state index in [0.717, 1.165) is 16.1 Å². The molecule has 9 heteroatoms. The highest BCUT2D eigenvalue weighted by Crippen LogP contribution is 2.17. The molecule has 0 radical (unpaired) electrons. The van der Waals surface area contributed by atoms with Crippen molar-refractivity contribution in [2.75, 3.05) is 30.7 Å². The molecule has 0 atom stereocenters. The number of carbonyl (C=O) groups excluding carboxylic acids is 1. The second kappa shape index (κ2) is 8.11. The zero-order chi connectivity index (χ0) is 18.4. The highest BCUT2D eigenvalue weighted by Gasteiger charge is 2.22. The van der Waals surface area contributed by atoms with Gasteiger partial charge in [0.15, 0.2) is 5.82 Å². The summed E-state index contributed by atoms with van der Waals surface area (Å²) in [5.74, 6) is 0.555. The van der Waals surface area contributed by atoms with Crippen LogP contribution in [0.25, 0.3) is 0 Å². The molecule has 136 valence electrons. The number of aryl methyl sites for hydroxylation is 1. The number of pyridine rings is 1. The number of amides is 1. The first kappa shape index (κ1) is 18.9. The minimum atomic E-state index is -3.55. The van der Waals surface area contributed by atoms with Gasteiger partial charge in [0.1, 0.15) is 5.76 Å². The third kappa shape index (κ3) is 5.56. The summed E-state index contributed by atoms with van der Waals surface area (Å²) in [6.45, 7) is 2.24. The van der Waals surface area contributed by atoms with Crippen LogP contribution in [-0.4, -0.2) is 55.8 Å². The molecule has 2 rings (SSSR count). The fourth-order valence-electron chi connectivity index (χ4n) is 2.28. The third-order valence-corrected chi connectivity index (χ3v) is 4.88.